The second kappa shape index (κ2) is 2.49. The van der Waals surface area contributed by atoms with Crippen LogP contribution in [0.4, 0.5) is 0 Å². The second-order valence-corrected chi connectivity index (χ2v) is 3.83. The maximum Gasteiger partial charge on any atom is 0.468 e. The van der Waals surface area contributed by atoms with Gasteiger partial charge in [-0.15, -0.1) is 0 Å². The van der Waals surface area contributed by atoms with Crippen LogP contribution in [0.15, 0.2) is 0 Å². The van der Waals surface area contributed by atoms with Crippen molar-refractivity contribution in [3.63, 3.8) is 0 Å². The van der Waals surface area contributed by atoms with Crippen molar-refractivity contribution < 1.29 is 14.6 Å². The van der Waals surface area contributed by atoms with Crippen molar-refractivity contribution in [1.82, 2.24) is 0 Å². The molecule has 0 amide bonds. The van der Waals surface area contributed by atoms with Crippen LogP contribution in [-0.2, 0) is 4.79 Å². The first kappa shape index (κ1) is 9.04. The lowest BCUT2D eigenvalue weighted by Gasteiger charge is -2.19. The summed E-state index contributed by atoms with van der Waals surface area (Å²) in [5.74, 6) is -1.76. The molecule has 0 aliphatic heterocycles. The van der Waals surface area contributed by atoms with Gasteiger partial charge in [-0.05, 0) is 12.8 Å². The van der Waals surface area contributed by atoms with E-state index in [-0.39, 0.29) is 18.6 Å². The van der Waals surface area contributed by atoms with Crippen molar-refractivity contribution in [3.05, 3.63) is 20.2 Å². The van der Waals surface area contributed by atoms with Crippen LogP contribution in [0.2, 0.25) is 0 Å². The van der Waals surface area contributed by atoms with Gasteiger partial charge >= 0.3 is 5.66 Å². The van der Waals surface area contributed by atoms with Crippen molar-refractivity contribution in [1.29, 1.82) is 0 Å². The third-order valence-electron chi connectivity index (χ3n) is 3.29. The molecule has 7 heteroatoms. The monoisotopic (exact) mass is 200 g/mol. The van der Waals surface area contributed by atoms with E-state index in [0.29, 0.717) is 6.42 Å². The molecule has 7 nitrogen and oxygen atoms in total. The first-order chi connectivity index (χ1) is 6.50. The molecule has 2 saturated carbocycles. The van der Waals surface area contributed by atoms with Crippen molar-refractivity contribution in [2.45, 2.75) is 24.9 Å². The van der Waals surface area contributed by atoms with Gasteiger partial charge in [0, 0.05) is 5.92 Å². The minimum Gasteiger partial charge on any atom is -0.298 e. The molecule has 2 rings (SSSR count). The molecule has 14 heavy (non-hydrogen) atoms. The van der Waals surface area contributed by atoms with Gasteiger partial charge in [-0.1, -0.05) is 0 Å². The van der Waals surface area contributed by atoms with Gasteiger partial charge in [-0.3, -0.25) is 25.0 Å². The third-order valence-corrected chi connectivity index (χ3v) is 3.29. The Kier molecular flexibility index (Phi) is 1.61. The summed E-state index contributed by atoms with van der Waals surface area (Å²) in [5, 5.41) is 21.4. The number of hydrogen-bond donors (Lipinski definition) is 0. The molecular formula is C7H8N2O5. The molecule has 2 bridgehead atoms. The van der Waals surface area contributed by atoms with E-state index in [1.165, 1.54) is 0 Å². The summed E-state index contributed by atoms with van der Waals surface area (Å²) in [6.07, 6.45) is 0.620. The Morgan fingerprint density at radius 1 is 1.21 bits per heavy atom. The molecule has 2 atom stereocenters. The lowest BCUT2D eigenvalue weighted by molar-refractivity contribution is -0.804. The number of carbonyl (C=O) groups is 1. The zero-order valence-corrected chi connectivity index (χ0v) is 7.21. The third kappa shape index (κ3) is 0.790. The quantitative estimate of drug-likeness (QED) is 0.360. The van der Waals surface area contributed by atoms with Gasteiger partial charge < -0.3 is 0 Å². The van der Waals surface area contributed by atoms with Crippen LogP contribution in [-0.4, -0.2) is 21.3 Å². The minimum atomic E-state index is -2.22. The largest absolute Gasteiger partial charge is 0.468 e. The molecule has 0 aromatic rings. The Hall–Kier alpha value is -1.53. The smallest absolute Gasteiger partial charge is 0.298 e. The highest BCUT2D eigenvalue weighted by Gasteiger charge is 2.74. The topological polar surface area (TPSA) is 103 Å². The van der Waals surface area contributed by atoms with E-state index in [1.807, 2.05) is 0 Å². The summed E-state index contributed by atoms with van der Waals surface area (Å²) in [5.41, 5.74) is -2.22. The molecule has 76 valence electrons. The fraction of sp³-hybridized carbons (Fsp3) is 0.857. The zero-order valence-electron chi connectivity index (χ0n) is 7.21. The first-order valence-corrected chi connectivity index (χ1v) is 4.33. The molecule has 0 unspecified atom stereocenters. The maximum absolute atomic E-state index is 11.4. The summed E-state index contributed by atoms with van der Waals surface area (Å²) >= 11 is 0. The maximum atomic E-state index is 11.4. The molecule has 0 aromatic heterocycles. The average molecular weight is 200 g/mol. The SMILES string of the molecule is O=C1[C@@H]2CC[C@H]1C([N+](=O)[O-])([N+](=O)[O-])C2. The summed E-state index contributed by atoms with van der Waals surface area (Å²) in [6.45, 7) is 0. The summed E-state index contributed by atoms with van der Waals surface area (Å²) < 4.78 is 0. The number of carbonyl (C=O) groups excluding carboxylic acids is 1. The molecule has 0 saturated heterocycles. The fourth-order valence-corrected chi connectivity index (χ4v) is 2.57. The zero-order chi connectivity index (χ0) is 10.5. The Morgan fingerprint density at radius 2 is 1.79 bits per heavy atom. The highest BCUT2D eigenvalue weighted by molar-refractivity contribution is 5.88. The first-order valence-electron chi connectivity index (χ1n) is 4.33. The van der Waals surface area contributed by atoms with Crippen LogP contribution in [0.3, 0.4) is 0 Å². The van der Waals surface area contributed by atoms with Gasteiger partial charge in [0.2, 0.25) is 0 Å². The van der Waals surface area contributed by atoms with Gasteiger partial charge in [-0.2, -0.15) is 0 Å². The highest BCUT2D eigenvalue weighted by atomic mass is 16.7. The van der Waals surface area contributed by atoms with E-state index in [2.05, 4.69) is 0 Å². The number of ketones is 1. The molecule has 2 fully saturated rings. The Morgan fingerprint density at radius 3 is 2.00 bits per heavy atom. The van der Waals surface area contributed by atoms with E-state index in [4.69, 9.17) is 0 Å². The summed E-state index contributed by atoms with van der Waals surface area (Å²) in [4.78, 5) is 31.0. The molecule has 2 aliphatic carbocycles. The molecule has 0 heterocycles. The Balaban J connectivity index is 2.46. The molecule has 0 aromatic carbocycles. The number of nitro groups is 2. The number of nitrogens with zero attached hydrogens (tertiary/aromatic N) is 2. The van der Waals surface area contributed by atoms with Crippen molar-refractivity contribution >= 4 is 5.78 Å². The standard InChI is InChI=1S/C7H8N2O5/c10-6-4-1-2-5(6)7(3-4,8(11)12)9(13)14/h4-5H,1-3H2/t4-,5-/m1/s1. The van der Waals surface area contributed by atoms with Crippen LogP contribution in [0.5, 0.6) is 0 Å². The van der Waals surface area contributed by atoms with Gasteiger partial charge in [0.1, 0.15) is 6.42 Å². The van der Waals surface area contributed by atoms with Gasteiger partial charge in [0.25, 0.3) is 0 Å². The molecule has 0 radical (unpaired) electrons. The highest BCUT2D eigenvalue weighted by Crippen LogP contribution is 2.49. The fourth-order valence-electron chi connectivity index (χ4n) is 2.57. The Labute approximate surface area is 78.4 Å². The minimum absolute atomic E-state index is 0.226. The van der Waals surface area contributed by atoms with Crippen molar-refractivity contribution in [2.75, 3.05) is 0 Å². The van der Waals surface area contributed by atoms with E-state index in [9.17, 15) is 25.0 Å². The van der Waals surface area contributed by atoms with E-state index >= 15 is 0 Å². The van der Waals surface area contributed by atoms with Crippen LogP contribution in [0.1, 0.15) is 19.3 Å². The normalized spacial score (nSPS) is 33.3. The molecular weight excluding hydrogens is 192 g/mol. The molecule has 2 aliphatic rings. The Bertz CT molecular complexity index is 325. The van der Waals surface area contributed by atoms with Gasteiger partial charge in [0.15, 0.2) is 11.7 Å². The van der Waals surface area contributed by atoms with E-state index in [1.54, 1.807) is 0 Å². The molecule has 0 spiro atoms. The average Bonchev–Trinajstić information content (AvgIpc) is 2.59. The predicted octanol–water partition coefficient (Wildman–Crippen LogP) is 0.235. The second-order valence-electron chi connectivity index (χ2n) is 3.83. The number of Topliss-reactive ketones (excluding diaryl/α,β-unsaturated/α-hetero) is 1. The molecule has 0 N–H and O–H groups in total. The summed E-state index contributed by atoms with van der Waals surface area (Å²) in [7, 11) is 0. The van der Waals surface area contributed by atoms with Crippen LogP contribution in [0, 0.1) is 32.1 Å². The number of hydrogen-bond acceptors (Lipinski definition) is 5. The van der Waals surface area contributed by atoms with Crippen molar-refractivity contribution in [3.8, 4) is 0 Å². The number of rotatable bonds is 2. The van der Waals surface area contributed by atoms with Crippen LogP contribution < -0.4 is 0 Å². The predicted molar refractivity (Wildman–Crippen MR) is 42.6 cm³/mol. The van der Waals surface area contributed by atoms with E-state index < -0.39 is 27.3 Å². The lowest BCUT2D eigenvalue weighted by Crippen LogP contribution is -2.51. The van der Waals surface area contributed by atoms with Crippen LogP contribution >= 0.6 is 0 Å². The number of fused-ring (bicyclic) bond motifs is 2. The van der Waals surface area contributed by atoms with E-state index in [0.717, 1.165) is 0 Å². The summed E-state index contributed by atoms with van der Waals surface area (Å²) in [6, 6.07) is 0. The van der Waals surface area contributed by atoms with Gasteiger partial charge in [-0.25, -0.2) is 0 Å². The van der Waals surface area contributed by atoms with Gasteiger partial charge in [0.05, 0.1) is 9.85 Å². The van der Waals surface area contributed by atoms with Crippen molar-refractivity contribution in [2.24, 2.45) is 11.8 Å². The lowest BCUT2D eigenvalue weighted by atomic mass is 9.89. The van der Waals surface area contributed by atoms with Crippen LogP contribution in [0.25, 0.3) is 0 Å².